The molecule has 2 nitrogen and oxygen atoms in total. The average molecular weight is 318 g/mol. The number of hydrogen-bond donors (Lipinski definition) is 0. The number of carbonyl (C=O) groups excluding carboxylic acids is 1. The Kier molecular flexibility index (Phi) is 4.44. The van der Waals surface area contributed by atoms with E-state index in [1.54, 1.807) is 18.2 Å². The summed E-state index contributed by atoms with van der Waals surface area (Å²) in [5, 5.41) is 0.662. The molecule has 0 saturated carbocycles. The Labute approximate surface area is 134 Å². The molecule has 22 heavy (non-hydrogen) atoms. The normalized spacial score (nSPS) is 17.7. The number of nitrogens with zero attached hydrogens (tertiary/aromatic N) is 1. The van der Waals surface area contributed by atoms with Gasteiger partial charge in [-0.3, -0.25) is 4.79 Å². The SMILES string of the molecule is O=C(Cc1ccc(Cl)cc1)N1CCC[C@@H]1c1cccc(F)c1. The molecule has 0 N–H and O–H groups in total. The standard InChI is InChI=1S/C18H17ClFNO/c19-15-8-6-13(7-9-15)11-18(22)21-10-2-5-17(21)14-3-1-4-16(20)12-14/h1,3-4,6-9,12,17H,2,5,10-11H2/t17-/m1/s1. The van der Waals surface area contributed by atoms with Gasteiger partial charge in [-0.25, -0.2) is 4.39 Å². The molecule has 1 fully saturated rings. The largest absolute Gasteiger partial charge is 0.335 e. The van der Waals surface area contributed by atoms with Crippen LogP contribution in [0.1, 0.15) is 30.0 Å². The summed E-state index contributed by atoms with van der Waals surface area (Å²) in [6.07, 6.45) is 2.19. The van der Waals surface area contributed by atoms with E-state index >= 15 is 0 Å². The summed E-state index contributed by atoms with van der Waals surface area (Å²) in [6, 6.07) is 13.8. The number of benzene rings is 2. The van der Waals surface area contributed by atoms with Crippen LogP contribution in [-0.4, -0.2) is 17.4 Å². The number of likely N-dealkylation sites (tertiary alicyclic amines) is 1. The Morgan fingerprint density at radius 1 is 1.23 bits per heavy atom. The molecular formula is C18H17ClFNO. The first kappa shape index (κ1) is 15.0. The van der Waals surface area contributed by atoms with E-state index in [1.165, 1.54) is 12.1 Å². The van der Waals surface area contributed by atoms with Gasteiger partial charge in [0.15, 0.2) is 0 Å². The van der Waals surface area contributed by atoms with Crippen molar-refractivity contribution in [3.63, 3.8) is 0 Å². The molecule has 0 bridgehead atoms. The molecule has 1 aliphatic heterocycles. The molecule has 3 rings (SSSR count). The molecule has 0 spiro atoms. The maximum Gasteiger partial charge on any atom is 0.227 e. The highest BCUT2D eigenvalue weighted by molar-refractivity contribution is 6.30. The van der Waals surface area contributed by atoms with Crippen molar-refractivity contribution in [1.82, 2.24) is 4.90 Å². The summed E-state index contributed by atoms with van der Waals surface area (Å²) in [5.41, 5.74) is 1.82. The van der Waals surface area contributed by atoms with E-state index in [-0.39, 0.29) is 17.8 Å². The smallest absolute Gasteiger partial charge is 0.227 e. The summed E-state index contributed by atoms with van der Waals surface area (Å²) in [5.74, 6) is -0.177. The van der Waals surface area contributed by atoms with Crippen LogP contribution < -0.4 is 0 Å². The molecule has 0 unspecified atom stereocenters. The van der Waals surface area contributed by atoms with Crippen LogP contribution in [0.25, 0.3) is 0 Å². The van der Waals surface area contributed by atoms with Gasteiger partial charge in [0.1, 0.15) is 5.82 Å². The van der Waals surface area contributed by atoms with Crippen LogP contribution >= 0.6 is 11.6 Å². The van der Waals surface area contributed by atoms with Crippen molar-refractivity contribution in [2.45, 2.75) is 25.3 Å². The minimum absolute atomic E-state index is 0.0181. The van der Waals surface area contributed by atoms with E-state index in [0.717, 1.165) is 30.5 Å². The Hall–Kier alpha value is -1.87. The zero-order chi connectivity index (χ0) is 15.5. The van der Waals surface area contributed by atoms with E-state index < -0.39 is 0 Å². The zero-order valence-electron chi connectivity index (χ0n) is 12.1. The molecule has 1 amide bonds. The van der Waals surface area contributed by atoms with Crippen LogP contribution in [-0.2, 0) is 11.2 Å². The molecule has 2 aromatic rings. The van der Waals surface area contributed by atoms with Gasteiger partial charge in [-0.2, -0.15) is 0 Å². The Morgan fingerprint density at radius 3 is 2.73 bits per heavy atom. The number of amides is 1. The highest BCUT2D eigenvalue weighted by Gasteiger charge is 2.29. The van der Waals surface area contributed by atoms with Gasteiger partial charge in [0.25, 0.3) is 0 Å². The second kappa shape index (κ2) is 6.49. The van der Waals surface area contributed by atoms with Gasteiger partial charge in [-0.1, -0.05) is 35.9 Å². The summed E-state index contributed by atoms with van der Waals surface area (Å²) < 4.78 is 13.4. The Balaban J connectivity index is 1.75. The van der Waals surface area contributed by atoms with E-state index in [9.17, 15) is 9.18 Å². The van der Waals surface area contributed by atoms with Crippen molar-refractivity contribution in [1.29, 1.82) is 0 Å². The van der Waals surface area contributed by atoms with Crippen molar-refractivity contribution in [2.75, 3.05) is 6.54 Å². The molecular weight excluding hydrogens is 301 g/mol. The van der Waals surface area contributed by atoms with Gasteiger partial charge in [-0.15, -0.1) is 0 Å². The van der Waals surface area contributed by atoms with Crippen LogP contribution in [0.2, 0.25) is 5.02 Å². The topological polar surface area (TPSA) is 20.3 Å². The fraction of sp³-hybridized carbons (Fsp3) is 0.278. The highest BCUT2D eigenvalue weighted by atomic mass is 35.5. The van der Waals surface area contributed by atoms with E-state index in [2.05, 4.69) is 0 Å². The predicted octanol–water partition coefficient (Wildman–Crippen LogP) is 4.39. The van der Waals surface area contributed by atoms with Crippen molar-refractivity contribution in [3.05, 3.63) is 70.5 Å². The zero-order valence-corrected chi connectivity index (χ0v) is 12.9. The fourth-order valence-corrected chi connectivity index (χ4v) is 3.13. The monoisotopic (exact) mass is 317 g/mol. The molecule has 2 aromatic carbocycles. The lowest BCUT2D eigenvalue weighted by Crippen LogP contribution is -2.31. The lowest BCUT2D eigenvalue weighted by atomic mass is 10.0. The second-order valence-corrected chi connectivity index (χ2v) is 6.04. The fourth-order valence-electron chi connectivity index (χ4n) is 3.00. The van der Waals surface area contributed by atoms with E-state index in [1.807, 2.05) is 23.1 Å². The average Bonchev–Trinajstić information content (AvgIpc) is 2.99. The predicted molar refractivity (Wildman–Crippen MR) is 85.2 cm³/mol. The van der Waals surface area contributed by atoms with Crippen LogP contribution in [0.5, 0.6) is 0 Å². The molecule has 1 atom stereocenters. The van der Waals surface area contributed by atoms with E-state index in [0.29, 0.717) is 11.4 Å². The lowest BCUT2D eigenvalue weighted by Gasteiger charge is -2.25. The number of hydrogen-bond acceptors (Lipinski definition) is 1. The van der Waals surface area contributed by atoms with Crippen molar-refractivity contribution in [3.8, 4) is 0 Å². The van der Waals surface area contributed by atoms with Gasteiger partial charge in [-0.05, 0) is 48.2 Å². The van der Waals surface area contributed by atoms with Crippen LogP contribution in [0.15, 0.2) is 48.5 Å². The molecule has 114 valence electrons. The molecule has 1 saturated heterocycles. The maximum atomic E-state index is 13.4. The third kappa shape index (κ3) is 3.30. The molecule has 1 heterocycles. The van der Waals surface area contributed by atoms with Gasteiger partial charge >= 0.3 is 0 Å². The number of carbonyl (C=O) groups is 1. The second-order valence-electron chi connectivity index (χ2n) is 5.60. The van der Waals surface area contributed by atoms with Crippen molar-refractivity contribution < 1.29 is 9.18 Å². The molecule has 0 aromatic heterocycles. The molecule has 0 aliphatic carbocycles. The van der Waals surface area contributed by atoms with Crippen molar-refractivity contribution >= 4 is 17.5 Å². The van der Waals surface area contributed by atoms with Gasteiger partial charge in [0, 0.05) is 11.6 Å². The van der Waals surface area contributed by atoms with Crippen molar-refractivity contribution in [2.24, 2.45) is 0 Å². The summed E-state index contributed by atoms with van der Waals surface area (Å²) in [6.45, 7) is 0.730. The maximum absolute atomic E-state index is 13.4. The summed E-state index contributed by atoms with van der Waals surface area (Å²) >= 11 is 5.86. The Bertz CT molecular complexity index is 671. The summed E-state index contributed by atoms with van der Waals surface area (Å²) in [4.78, 5) is 14.4. The molecule has 4 heteroatoms. The van der Waals surface area contributed by atoms with Crippen LogP contribution in [0.4, 0.5) is 4.39 Å². The summed E-state index contributed by atoms with van der Waals surface area (Å²) in [7, 11) is 0. The highest BCUT2D eigenvalue weighted by Crippen LogP contribution is 2.32. The van der Waals surface area contributed by atoms with Crippen LogP contribution in [0.3, 0.4) is 0 Å². The van der Waals surface area contributed by atoms with Gasteiger partial charge < -0.3 is 4.90 Å². The number of halogens is 2. The molecule has 1 aliphatic rings. The third-order valence-electron chi connectivity index (χ3n) is 4.08. The molecule has 0 radical (unpaired) electrons. The van der Waals surface area contributed by atoms with Gasteiger partial charge in [0.2, 0.25) is 5.91 Å². The lowest BCUT2D eigenvalue weighted by molar-refractivity contribution is -0.131. The Morgan fingerprint density at radius 2 is 2.00 bits per heavy atom. The first-order valence-electron chi connectivity index (χ1n) is 7.43. The first-order chi connectivity index (χ1) is 10.6. The number of rotatable bonds is 3. The minimum Gasteiger partial charge on any atom is -0.335 e. The van der Waals surface area contributed by atoms with Crippen LogP contribution in [0, 0.1) is 5.82 Å². The van der Waals surface area contributed by atoms with Gasteiger partial charge in [0.05, 0.1) is 12.5 Å². The first-order valence-corrected chi connectivity index (χ1v) is 7.80. The third-order valence-corrected chi connectivity index (χ3v) is 4.33. The minimum atomic E-state index is -0.255. The quantitative estimate of drug-likeness (QED) is 0.822. The van der Waals surface area contributed by atoms with E-state index in [4.69, 9.17) is 11.6 Å².